The van der Waals surface area contributed by atoms with E-state index in [1.54, 1.807) is 13.8 Å². The first-order valence-corrected chi connectivity index (χ1v) is 11.9. The van der Waals surface area contributed by atoms with E-state index >= 15 is 0 Å². The van der Waals surface area contributed by atoms with Gasteiger partial charge in [0.2, 0.25) is 5.91 Å². The quantitative estimate of drug-likeness (QED) is 0.355. The normalized spacial score (nSPS) is 25.6. The van der Waals surface area contributed by atoms with Crippen molar-refractivity contribution < 1.29 is 41.0 Å². The molecule has 3 N–H and O–H groups in total. The zero-order valence-corrected chi connectivity index (χ0v) is 20.4. The molecule has 0 unspecified atom stereocenters. The molecule has 1 aromatic rings. The Bertz CT molecular complexity index is 936. The number of hydrogen-bond donors (Lipinski definition) is 3. The summed E-state index contributed by atoms with van der Waals surface area (Å²) in [5, 5.41) is 16.4. The molecule has 11 heteroatoms. The number of rotatable bonds is 7. The van der Waals surface area contributed by atoms with Gasteiger partial charge in [0.25, 0.3) is 0 Å². The highest BCUT2D eigenvalue weighted by molar-refractivity contribution is 5.82. The Kier molecular flexibility index (Phi) is 8.47. The van der Waals surface area contributed by atoms with Crippen LogP contribution in [0.5, 0.6) is 0 Å². The Morgan fingerprint density at radius 1 is 1.08 bits per heavy atom. The van der Waals surface area contributed by atoms with Crippen LogP contribution in [0.2, 0.25) is 0 Å². The van der Waals surface area contributed by atoms with Gasteiger partial charge in [-0.3, -0.25) is 4.79 Å². The first-order valence-electron chi connectivity index (χ1n) is 11.9. The molecule has 202 valence electrons. The molecule has 1 aliphatic carbocycles. The molecule has 0 aromatic heterocycles. The Morgan fingerprint density at radius 2 is 1.69 bits per heavy atom. The van der Waals surface area contributed by atoms with Crippen LogP contribution in [-0.2, 0) is 28.4 Å². The van der Waals surface area contributed by atoms with E-state index in [0.717, 1.165) is 6.42 Å². The van der Waals surface area contributed by atoms with Crippen LogP contribution < -0.4 is 10.6 Å². The van der Waals surface area contributed by atoms with Crippen LogP contribution in [-0.4, -0.2) is 41.9 Å². The van der Waals surface area contributed by atoms with Crippen molar-refractivity contribution in [1.29, 1.82) is 0 Å². The van der Waals surface area contributed by atoms with Gasteiger partial charge in [-0.15, -0.1) is 0 Å². The van der Waals surface area contributed by atoms with Crippen molar-refractivity contribution in [1.82, 2.24) is 10.6 Å². The molecular weight excluding hydrogens is 490 g/mol. The van der Waals surface area contributed by atoms with Gasteiger partial charge in [0.15, 0.2) is 0 Å². The van der Waals surface area contributed by atoms with Gasteiger partial charge in [0.1, 0.15) is 0 Å². The zero-order chi connectivity index (χ0) is 26.9. The molecule has 5 nitrogen and oxygen atoms in total. The summed E-state index contributed by atoms with van der Waals surface area (Å²) < 4.78 is 84.4. The summed E-state index contributed by atoms with van der Waals surface area (Å²) in [4.78, 5) is 13.1. The number of carbonyl (C=O) groups excluding carboxylic acids is 1. The first kappa shape index (κ1) is 28.5. The Morgan fingerprint density at radius 3 is 2.22 bits per heavy atom. The molecule has 0 saturated carbocycles. The molecule has 1 saturated heterocycles. The fraction of sp³-hybridized carbons (Fsp3) is 0.640. The lowest BCUT2D eigenvalue weighted by Crippen LogP contribution is -2.45. The van der Waals surface area contributed by atoms with E-state index in [0.29, 0.717) is 37.3 Å². The Labute approximate surface area is 206 Å². The molecule has 4 atom stereocenters. The number of nitrogens with one attached hydrogen (secondary N) is 2. The monoisotopic (exact) mass is 522 g/mol. The summed E-state index contributed by atoms with van der Waals surface area (Å²) in [5.74, 6) is -0.917. The molecule has 0 spiro atoms. The van der Waals surface area contributed by atoms with Crippen molar-refractivity contribution in [2.45, 2.75) is 76.6 Å². The van der Waals surface area contributed by atoms with E-state index in [4.69, 9.17) is 4.74 Å². The van der Waals surface area contributed by atoms with Gasteiger partial charge in [0.05, 0.1) is 29.3 Å². The highest BCUT2D eigenvalue weighted by atomic mass is 19.4. The maximum atomic E-state index is 13.2. The van der Waals surface area contributed by atoms with Crippen LogP contribution in [0.15, 0.2) is 29.8 Å². The van der Waals surface area contributed by atoms with Crippen molar-refractivity contribution >= 4 is 5.91 Å². The van der Waals surface area contributed by atoms with E-state index in [-0.39, 0.29) is 36.1 Å². The van der Waals surface area contributed by atoms with Crippen LogP contribution in [0.1, 0.15) is 56.7 Å². The van der Waals surface area contributed by atoms with Crippen molar-refractivity contribution in [3.63, 3.8) is 0 Å². The van der Waals surface area contributed by atoms with Gasteiger partial charge < -0.3 is 20.5 Å². The molecule has 2 aliphatic rings. The molecule has 1 aliphatic heterocycles. The number of amides is 1. The average Bonchev–Trinajstić information content (AvgIpc) is 3.12. The summed E-state index contributed by atoms with van der Waals surface area (Å²) in [6, 6.07) is 1.29. The summed E-state index contributed by atoms with van der Waals surface area (Å²) in [7, 11) is 0. The van der Waals surface area contributed by atoms with Gasteiger partial charge in [-0.05, 0) is 62.8 Å². The number of aliphatic hydroxyl groups is 1. The number of hydrogen-bond acceptors (Lipinski definition) is 4. The van der Waals surface area contributed by atoms with Crippen LogP contribution in [0.3, 0.4) is 0 Å². The Hall–Kier alpha value is -2.11. The zero-order valence-electron chi connectivity index (χ0n) is 20.4. The fourth-order valence-corrected chi connectivity index (χ4v) is 4.76. The lowest BCUT2D eigenvalue weighted by atomic mass is 9.90. The van der Waals surface area contributed by atoms with Gasteiger partial charge in [0, 0.05) is 25.2 Å². The van der Waals surface area contributed by atoms with E-state index in [2.05, 4.69) is 17.6 Å². The van der Waals surface area contributed by atoms with Crippen molar-refractivity contribution in [2.75, 3.05) is 13.2 Å². The minimum absolute atomic E-state index is 0.0556. The molecule has 1 fully saturated rings. The SMILES string of the molecule is C[C@@H]1COCC[C@@H]1N[C@@H]1C=C(CC(C)(C)O)[C@H](C(=O)NCc2cc(C(F)(F)F)cc(C(F)(F)F)c2)C1. The third kappa shape index (κ3) is 7.69. The van der Waals surface area contributed by atoms with Crippen LogP contribution in [0, 0.1) is 11.8 Å². The molecular formula is C25H32F6N2O3. The van der Waals surface area contributed by atoms with Gasteiger partial charge in [-0.25, -0.2) is 0 Å². The van der Waals surface area contributed by atoms with Crippen molar-refractivity contribution in [3.05, 3.63) is 46.5 Å². The lowest BCUT2D eigenvalue weighted by molar-refractivity contribution is -0.143. The smallest absolute Gasteiger partial charge is 0.390 e. The molecule has 0 bridgehead atoms. The van der Waals surface area contributed by atoms with Crippen LogP contribution in [0.25, 0.3) is 0 Å². The molecule has 0 radical (unpaired) electrons. The average molecular weight is 523 g/mol. The summed E-state index contributed by atoms with van der Waals surface area (Å²) in [6.45, 7) is 6.01. The minimum atomic E-state index is -4.96. The highest BCUT2D eigenvalue weighted by Gasteiger charge is 2.38. The largest absolute Gasteiger partial charge is 0.416 e. The second-order valence-corrected chi connectivity index (χ2v) is 10.4. The van der Waals surface area contributed by atoms with Gasteiger partial charge in [-0.1, -0.05) is 18.6 Å². The standard InChI is InChI=1S/C25H32F6N2O3/c1-14-13-36-5-4-21(14)33-19-8-16(11-23(2,3)35)20(10-19)22(34)32-12-15-6-17(24(26,27)28)9-18(7-15)25(29,30)31/h6-9,14,19-21,33,35H,4-5,10-13H2,1-3H3,(H,32,34)/t14-,19-,20-,21+/m1/s1. The van der Waals surface area contributed by atoms with Crippen molar-refractivity contribution in [3.8, 4) is 0 Å². The predicted molar refractivity (Wildman–Crippen MR) is 121 cm³/mol. The van der Waals surface area contributed by atoms with E-state index in [9.17, 15) is 36.2 Å². The number of halogens is 6. The number of alkyl halides is 6. The van der Waals surface area contributed by atoms with E-state index in [1.165, 1.54) is 0 Å². The van der Waals surface area contributed by atoms with Crippen LogP contribution in [0.4, 0.5) is 26.3 Å². The van der Waals surface area contributed by atoms with Crippen molar-refractivity contribution in [2.24, 2.45) is 11.8 Å². The number of ether oxygens (including phenoxy) is 1. The number of carbonyl (C=O) groups is 1. The van der Waals surface area contributed by atoms with Crippen LogP contribution >= 0.6 is 0 Å². The third-order valence-corrected chi connectivity index (χ3v) is 6.49. The maximum absolute atomic E-state index is 13.2. The first-order chi connectivity index (χ1) is 16.5. The molecule has 1 aromatic carbocycles. The topological polar surface area (TPSA) is 70.6 Å². The second-order valence-electron chi connectivity index (χ2n) is 10.4. The molecule has 1 heterocycles. The third-order valence-electron chi connectivity index (χ3n) is 6.49. The fourth-order valence-electron chi connectivity index (χ4n) is 4.76. The highest BCUT2D eigenvalue weighted by Crippen LogP contribution is 2.37. The Balaban J connectivity index is 1.74. The minimum Gasteiger partial charge on any atom is -0.390 e. The summed E-state index contributed by atoms with van der Waals surface area (Å²) >= 11 is 0. The predicted octanol–water partition coefficient (Wildman–Crippen LogP) is 4.83. The van der Waals surface area contributed by atoms with E-state index in [1.807, 2.05) is 6.08 Å². The summed E-state index contributed by atoms with van der Waals surface area (Å²) in [5.41, 5.74) is -3.59. The molecule has 36 heavy (non-hydrogen) atoms. The molecule has 3 rings (SSSR count). The number of benzene rings is 1. The van der Waals surface area contributed by atoms with Gasteiger partial charge in [-0.2, -0.15) is 26.3 Å². The van der Waals surface area contributed by atoms with Gasteiger partial charge >= 0.3 is 12.4 Å². The summed E-state index contributed by atoms with van der Waals surface area (Å²) in [6.07, 6.45) is -6.65. The lowest BCUT2D eigenvalue weighted by Gasteiger charge is -2.32. The second kappa shape index (κ2) is 10.7. The molecule has 1 amide bonds. The van der Waals surface area contributed by atoms with E-state index < -0.39 is 47.5 Å². The maximum Gasteiger partial charge on any atom is 0.416 e.